The molecule has 19 heavy (non-hydrogen) atoms. The third kappa shape index (κ3) is 3.12. The summed E-state index contributed by atoms with van der Waals surface area (Å²) in [7, 11) is 0. The summed E-state index contributed by atoms with van der Waals surface area (Å²) >= 11 is 0. The van der Waals surface area contributed by atoms with Crippen LogP contribution in [-0.2, 0) is 11.2 Å². The molecule has 1 fully saturated rings. The van der Waals surface area contributed by atoms with Crippen molar-refractivity contribution in [3.05, 3.63) is 29.8 Å². The lowest BCUT2D eigenvalue weighted by molar-refractivity contribution is -0.121. The first-order valence-corrected chi connectivity index (χ1v) is 6.77. The Morgan fingerprint density at radius 1 is 1.42 bits per heavy atom. The molecule has 0 spiro atoms. The molecule has 1 atom stereocenters. The predicted molar refractivity (Wildman–Crippen MR) is 74.8 cm³/mol. The molecule has 1 aliphatic rings. The zero-order chi connectivity index (χ0) is 13.7. The fourth-order valence-corrected chi connectivity index (χ4v) is 2.45. The van der Waals surface area contributed by atoms with Crippen molar-refractivity contribution in [3.63, 3.8) is 0 Å². The normalized spacial score (nSPS) is 19.3. The van der Waals surface area contributed by atoms with E-state index in [9.17, 15) is 4.79 Å². The Morgan fingerprint density at radius 2 is 2.16 bits per heavy atom. The van der Waals surface area contributed by atoms with Gasteiger partial charge in [0.05, 0.1) is 18.5 Å². The van der Waals surface area contributed by atoms with Crippen molar-refractivity contribution in [1.82, 2.24) is 5.32 Å². The summed E-state index contributed by atoms with van der Waals surface area (Å²) in [5.41, 5.74) is 1.91. The molecule has 1 unspecified atom stereocenters. The molecule has 0 aliphatic carbocycles. The number of anilines is 1. The van der Waals surface area contributed by atoms with E-state index >= 15 is 0 Å². The van der Waals surface area contributed by atoms with Gasteiger partial charge in [-0.1, -0.05) is 19.1 Å². The van der Waals surface area contributed by atoms with E-state index in [4.69, 9.17) is 5.26 Å². The summed E-state index contributed by atoms with van der Waals surface area (Å²) < 4.78 is 0. The van der Waals surface area contributed by atoms with Gasteiger partial charge in [-0.2, -0.15) is 5.26 Å². The maximum absolute atomic E-state index is 12.3. The Morgan fingerprint density at radius 3 is 2.79 bits per heavy atom. The minimum absolute atomic E-state index is 0.0578. The standard InChI is InChI=1S/C15H19N3O/c1-2-17-14-4-3-11-18(15(14)19)13-7-5-12(6-8-13)9-10-16/h5-8,14,17H,2-4,9,11H2,1H3. The number of rotatable bonds is 4. The average Bonchev–Trinajstić information content (AvgIpc) is 2.43. The Bertz CT molecular complexity index is 473. The molecule has 1 aromatic rings. The predicted octanol–water partition coefficient (Wildman–Crippen LogP) is 1.86. The summed E-state index contributed by atoms with van der Waals surface area (Å²) in [4.78, 5) is 14.2. The molecule has 1 aromatic carbocycles. The Labute approximate surface area is 114 Å². The molecule has 1 saturated heterocycles. The van der Waals surface area contributed by atoms with Crippen LogP contribution in [0.1, 0.15) is 25.3 Å². The van der Waals surface area contributed by atoms with Gasteiger partial charge in [-0.25, -0.2) is 0 Å². The Hall–Kier alpha value is -1.86. The van der Waals surface area contributed by atoms with Crippen LogP contribution in [0.4, 0.5) is 5.69 Å². The van der Waals surface area contributed by atoms with Crippen LogP contribution in [0.25, 0.3) is 0 Å². The van der Waals surface area contributed by atoms with Crippen LogP contribution in [0.5, 0.6) is 0 Å². The lowest BCUT2D eigenvalue weighted by Crippen LogP contribution is -2.50. The summed E-state index contributed by atoms with van der Waals surface area (Å²) in [5, 5.41) is 11.9. The summed E-state index contributed by atoms with van der Waals surface area (Å²) in [6.45, 7) is 3.60. The molecule has 4 nitrogen and oxygen atoms in total. The molecule has 0 saturated carbocycles. The fraction of sp³-hybridized carbons (Fsp3) is 0.467. The number of carbonyl (C=O) groups excluding carboxylic acids is 1. The fourth-order valence-electron chi connectivity index (χ4n) is 2.45. The van der Waals surface area contributed by atoms with Crippen LogP contribution in [0.2, 0.25) is 0 Å². The molecule has 1 amide bonds. The van der Waals surface area contributed by atoms with E-state index in [-0.39, 0.29) is 11.9 Å². The first-order chi connectivity index (χ1) is 9.26. The maximum atomic E-state index is 12.3. The van der Waals surface area contributed by atoms with Gasteiger partial charge in [-0.3, -0.25) is 4.79 Å². The van der Waals surface area contributed by atoms with Gasteiger partial charge in [-0.15, -0.1) is 0 Å². The molecule has 1 N–H and O–H groups in total. The van der Waals surface area contributed by atoms with Gasteiger partial charge >= 0.3 is 0 Å². The third-order valence-electron chi connectivity index (χ3n) is 3.42. The number of piperidine rings is 1. The van der Waals surface area contributed by atoms with Gasteiger partial charge in [0.2, 0.25) is 5.91 Å². The van der Waals surface area contributed by atoms with E-state index < -0.39 is 0 Å². The SMILES string of the molecule is CCNC1CCCN(c2ccc(CC#N)cc2)C1=O. The van der Waals surface area contributed by atoms with Crippen LogP contribution in [-0.4, -0.2) is 25.0 Å². The second-order valence-electron chi connectivity index (χ2n) is 4.74. The molecule has 4 heteroatoms. The van der Waals surface area contributed by atoms with Crippen molar-refractivity contribution in [1.29, 1.82) is 5.26 Å². The lowest BCUT2D eigenvalue weighted by Gasteiger charge is -2.32. The minimum Gasteiger partial charge on any atom is -0.311 e. The highest BCUT2D eigenvalue weighted by Crippen LogP contribution is 2.21. The van der Waals surface area contributed by atoms with Crippen LogP contribution in [0.3, 0.4) is 0 Å². The quantitative estimate of drug-likeness (QED) is 0.895. The third-order valence-corrected chi connectivity index (χ3v) is 3.42. The van der Waals surface area contributed by atoms with Gasteiger partial charge in [0.25, 0.3) is 0 Å². The number of hydrogen-bond acceptors (Lipinski definition) is 3. The zero-order valence-electron chi connectivity index (χ0n) is 11.2. The molecule has 2 rings (SSSR count). The van der Waals surface area contributed by atoms with Crippen LogP contribution in [0, 0.1) is 11.3 Å². The van der Waals surface area contributed by atoms with Crippen molar-refractivity contribution in [2.24, 2.45) is 0 Å². The monoisotopic (exact) mass is 257 g/mol. The second kappa shape index (κ2) is 6.35. The summed E-state index contributed by atoms with van der Waals surface area (Å²) in [5.74, 6) is 0.154. The molecule has 1 aliphatic heterocycles. The van der Waals surface area contributed by atoms with E-state index in [0.29, 0.717) is 6.42 Å². The van der Waals surface area contributed by atoms with E-state index in [1.54, 1.807) is 0 Å². The number of nitrogens with zero attached hydrogens (tertiary/aromatic N) is 2. The summed E-state index contributed by atoms with van der Waals surface area (Å²) in [6, 6.07) is 9.76. The average molecular weight is 257 g/mol. The van der Waals surface area contributed by atoms with Crippen molar-refractivity contribution >= 4 is 11.6 Å². The van der Waals surface area contributed by atoms with Crippen molar-refractivity contribution in [3.8, 4) is 6.07 Å². The number of nitrogens with one attached hydrogen (secondary N) is 1. The Balaban J connectivity index is 2.12. The number of nitriles is 1. The molecular formula is C15H19N3O. The number of amides is 1. The molecule has 0 radical (unpaired) electrons. The highest BCUT2D eigenvalue weighted by molar-refractivity contribution is 5.97. The molecule has 0 aromatic heterocycles. The topological polar surface area (TPSA) is 56.1 Å². The van der Waals surface area contributed by atoms with Gasteiger partial charge in [0.1, 0.15) is 0 Å². The maximum Gasteiger partial charge on any atom is 0.244 e. The molecule has 1 heterocycles. The molecule has 100 valence electrons. The van der Waals surface area contributed by atoms with E-state index in [0.717, 1.165) is 37.2 Å². The number of benzene rings is 1. The summed E-state index contributed by atoms with van der Waals surface area (Å²) in [6.07, 6.45) is 2.34. The van der Waals surface area contributed by atoms with E-state index in [1.165, 1.54) is 0 Å². The van der Waals surface area contributed by atoms with Gasteiger partial charge in [0, 0.05) is 12.2 Å². The first kappa shape index (κ1) is 13.6. The highest BCUT2D eigenvalue weighted by atomic mass is 16.2. The van der Waals surface area contributed by atoms with Crippen molar-refractivity contribution in [2.75, 3.05) is 18.0 Å². The van der Waals surface area contributed by atoms with Crippen molar-refractivity contribution in [2.45, 2.75) is 32.2 Å². The van der Waals surface area contributed by atoms with E-state index in [2.05, 4.69) is 11.4 Å². The zero-order valence-corrected chi connectivity index (χ0v) is 11.2. The van der Waals surface area contributed by atoms with Gasteiger partial charge < -0.3 is 10.2 Å². The van der Waals surface area contributed by atoms with Crippen LogP contribution >= 0.6 is 0 Å². The van der Waals surface area contributed by atoms with Gasteiger partial charge in [0.15, 0.2) is 0 Å². The highest BCUT2D eigenvalue weighted by Gasteiger charge is 2.28. The van der Waals surface area contributed by atoms with Crippen LogP contribution < -0.4 is 10.2 Å². The lowest BCUT2D eigenvalue weighted by atomic mass is 10.0. The number of likely N-dealkylation sites (N-methyl/N-ethyl adjacent to an activating group) is 1. The Kier molecular flexibility index (Phi) is 4.53. The molecular weight excluding hydrogens is 238 g/mol. The number of carbonyl (C=O) groups is 1. The minimum atomic E-state index is -0.0578. The second-order valence-corrected chi connectivity index (χ2v) is 4.74. The smallest absolute Gasteiger partial charge is 0.244 e. The molecule has 0 bridgehead atoms. The van der Waals surface area contributed by atoms with Crippen LogP contribution in [0.15, 0.2) is 24.3 Å². The van der Waals surface area contributed by atoms with Crippen molar-refractivity contribution < 1.29 is 4.79 Å². The van der Waals surface area contributed by atoms with Gasteiger partial charge in [-0.05, 0) is 37.1 Å². The largest absolute Gasteiger partial charge is 0.311 e. The number of hydrogen-bond donors (Lipinski definition) is 1. The van der Waals surface area contributed by atoms with E-state index in [1.807, 2.05) is 36.1 Å². The first-order valence-electron chi connectivity index (χ1n) is 6.77.